The molecule has 0 atom stereocenters. The van der Waals surface area contributed by atoms with E-state index in [0.29, 0.717) is 11.8 Å². The maximum absolute atomic E-state index is 9.89. The summed E-state index contributed by atoms with van der Waals surface area (Å²) >= 11 is 0. The molecule has 0 fully saturated rings. The third kappa shape index (κ3) is 1.90. The molecule has 0 saturated carbocycles. The second kappa shape index (κ2) is 4.28. The highest BCUT2D eigenvalue weighted by Crippen LogP contribution is 2.32. The number of H-pyrrole nitrogens is 1. The standard InChI is InChI=1S/C16H12N4O/c1-9-6-7-12-13(8-9)18-16(17-12)20-14-10-4-2-3-5-11(10)15(21)19-14/h2-8,19,21H,1H3/b20-16-. The highest BCUT2D eigenvalue weighted by atomic mass is 16.3. The summed E-state index contributed by atoms with van der Waals surface area (Å²) in [7, 11) is 0. The van der Waals surface area contributed by atoms with Crippen molar-refractivity contribution in [2.75, 3.05) is 0 Å². The van der Waals surface area contributed by atoms with E-state index in [4.69, 9.17) is 0 Å². The topological polar surface area (TPSA) is 73.1 Å². The Balaban J connectivity index is 1.89. The van der Waals surface area contributed by atoms with Crippen molar-refractivity contribution < 1.29 is 5.11 Å². The molecule has 0 bridgehead atoms. The van der Waals surface area contributed by atoms with Crippen LogP contribution in [0.25, 0.3) is 10.8 Å². The lowest BCUT2D eigenvalue weighted by Gasteiger charge is -1.91. The largest absolute Gasteiger partial charge is 0.494 e. The molecular formula is C16H12N4O. The molecule has 1 aromatic heterocycles. The van der Waals surface area contributed by atoms with E-state index in [9.17, 15) is 5.11 Å². The summed E-state index contributed by atoms with van der Waals surface area (Å²) in [5.74, 6) is 1.06. The van der Waals surface area contributed by atoms with Crippen LogP contribution in [0.2, 0.25) is 0 Å². The predicted octanol–water partition coefficient (Wildman–Crippen LogP) is 2.12. The van der Waals surface area contributed by atoms with E-state index in [1.807, 2.05) is 49.4 Å². The van der Waals surface area contributed by atoms with Gasteiger partial charge in [-0.3, -0.25) is 0 Å². The third-order valence-corrected chi connectivity index (χ3v) is 3.46. The fourth-order valence-electron chi connectivity index (χ4n) is 2.44. The normalized spacial score (nSPS) is 15.0. The number of aliphatic imine (C=N–C) groups is 1. The number of nitrogens with one attached hydrogen (secondary N) is 1. The molecule has 0 spiro atoms. The van der Waals surface area contributed by atoms with Gasteiger partial charge < -0.3 is 10.1 Å². The van der Waals surface area contributed by atoms with Crippen molar-refractivity contribution in [3.05, 3.63) is 58.7 Å². The van der Waals surface area contributed by atoms with Gasteiger partial charge in [0.15, 0.2) is 5.88 Å². The minimum absolute atomic E-state index is 0.108. The maximum Gasteiger partial charge on any atom is 0.252 e. The van der Waals surface area contributed by atoms with Gasteiger partial charge in [0.25, 0.3) is 5.96 Å². The number of aryl methyl sites for hydroxylation is 1. The molecule has 4 rings (SSSR count). The lowest BCUT2D eigenvalue weighted by molar-refractivity contribution is 0.463. The molecule has 102 valence electrons. The molecule has 1 aliphatic heterocycles. The number of aromatic amines is 1. The van der Waals surface area contributed by atoms with Gasteiger partial charge in [-0.15, -0.1) is 0 Å². The molecule has 0 radical (unpaired) electrons. The van der Waals surface area contributed by atoms with Crippen LogP contribution in [0.1, 0.15) is 5.56 Å². The number of fused-ring (bicyclic) bond motifs is 2. The van der Waals surface area contributed by atoms with Crippen LogP contribution in [0.3, 0.4) is 0 Å². The Morgan fingerprint density at radius 1 is 1.00 bits per heavy atom. The molecule has 2 aromatic carbocycles. The number of hydrogen-bond donors (Lipinski definition) is 2. The number of guanidine groups is 1. The lowest BCUT2D eigenvalue weighted by atomic mass is 10.2. The monoisotopic (exact) mass is 276 g/mol. The number of aromatic nitrogens is 1. The van der Waals surface area contributed by atoms with E-state index in [-0.39, 0.29) is 5.88 Å². The van der Waals surface area contributed by atoms with Crippen molar-refractivity contribution in [3.8, 4) is 5.88 Å². The quantitative estimate of drug-likeness (QED) is 0.702. The molecule has 5 heteroatoms. The first kappa shape index (κ1) is 11.8. The summed E-state index contributed by atoms with van der Waals surface area (Å²) < 4.78 is 0. The van der Waals surface area contributed by atoms with Gasteiger partial charge in [-0.1, -0.05) is 24.3 Å². The van der Waals surface area contributed by atoms with Gasteiger partial charge >= 0.3 is 0 Å². The zero-order chi connectivity index (χ0) is 14.4. The summed E-state index contributed by atoms with van der Waals surface area (Å²) in [6.45, 7) is 2.02. The molecule has 5 nitrogen and oxygen atoms in total. The second-order valence-electron chi connectivity index (χ2n) is 5.00. The third-order valence-electron chi connectivity index (χ3n) is 3.46. The van der Waals surface area contributed by atoms with E-state index in [1.165, 1.54) is 0 Å². The summed E-state index contributed by atoms with van der Waals surface area (Å²) in [5, 5.41) is 13.1. The number of hydrogen-bond acceptors (Lipinski definition) is 2. The fourth-order valence-corrected chi connectivity index (χ4v) is 2.44. The van der Waals surface area contributed by atoms with Gasteiger partial charge in [0.05, 0.1) is 10.7 Å². The first-order valence-electron chi connectivity index (χ1n) is 6.63. The Kier molecular flexibility index (Phi) is 2.41. The zero-order valence-electron chi connectivity index (χ0n) is 11.3. The Bertz CT molecular complexity index is 1010. The number of nitrogens with zero attached hydrogens (tertiary/aromatic N) is 3. The van der Waals surface area contributed by atoms with Crippen molar-refractivity contribution in [1.29, 1.82) is 0 Å². The van der Waals surface area contributed by atoms with Gasteiger partial charge in [-0.25, -0.2) is 9.98 Å². The molecule has 21 heavy (non-hydrogen) atoms. The highest BCUT2D eigenvalue weighted by Gasteiger charge is 2.10. The average molecular weight is 276 g/mol. The van der Waals surface area contributed by atoms with Crippen LogP contribution in [0.15, 0.2) is 57.4 Å². The van der Waals surface area contributed by atoms with E-state index >= 15 is 0 Å². The van der Waals surface area contributed by atoms with Crippen LogP contribution in [0.5, 0.6) is 5.88 Å². The van der Waals surface area contributed by atoms with Crippen molar-refractivity contribution >= 4 is 22.5 Å². The van der Waals surface area contributed by atoms with Crippen LogP contribution < -0.4 is 10.7 Å². The highest BCUT2D eigenvalue weighted by molar-refractivity contribution is 5.98. The zero-order valence-corrected chi connectivity index (χ0v) is 11.3. The van der Waals surface area contributed by atoms with Crippen molar-refractivity contribution in [1.82, 2.24) is 4.98 Å². The Morgan fingerprint density at radius 2 is 1.76 bits per heavy atom. The molecule has 1 aliphatic rings. The predicted molar refractivity (Wildman–Crippen MR) is 80.5 cm³/mol. The molecule has 0 amide bonds. The minimum Gasteiger partial charge on any atom is -0.494 e. The fraction of sp³-hybridized carbons (Fsp3) is 0.0625. The SMILES string of the molecule is Cc1ccc2c(c1)=N/C(=N\c1[nH]c(O)c3ccccc13)N=2. The second-order valence-corrected chi connectivity index (χ2v) is 5.00. The molecule has 0 aliphatic carbocycles. The van der Waals surface area contributed by atoms with E-state index in [2.05, 4.69) is 20.0 Å². The van der Waals surface area contributed by atoms with E-state index < -0.39 is 0 Å². The first-order chi connectivity index (χ1) is 10.2. The Morgan fingerprint density at radius 3 is 2.62 bits per heavy atom. The van der Waals surface area contributed by atoms with Gasteiger partial charge in [0.2, 0.25) is 0 Å². The summed E-state index contributed by atoms with van der Waals surface area (Å²) in [6.07, 6.45) is 0. The molecular weight excluding hydrogens is 264 g/mol. The summed E-state index contributed by atoms with van der Waals surface area (Å²) in [4.78, 5) is 16.1. The van der Waals surface area contributed by atoms with Crippen molar-refractivity contribution in [2.24, 2.45) is 15.0 Å². The number of rotatable bonds is 1. The summed E-state index contributed by atoms with van der Waals surface area (Å²) in [5.41, 5.74) is 1.14. The van der Waals surface area contributed by atoms with Crippen molar-refractivity contribution in [3.63, 3.8) is 0 Å². The van der Waals surface area contributed by atoms with Crippen molar-refractivity contribution in [2.45, 2.75) is 6.92 Å². The van der Waals surface area contributed by atoms with Gasteiger partial charge in [-0.2, -0.15) is 4.99 Å². The minimum atomic E-state index is 0.108. The molecule has 2 N–H and O–H groups in total. The van der Waals surface area contributed by atoms with Gasteiger partial charge in [0, 0.05) is 10.8 Å². The number of benzene rings is 2. The summed E-state index contributed by atoms with van der Waals surface area (Å²) in [6, 6.07) is 13.4. The van der Waals surface area contributed by atoms with Crippen LogP contribution in [0, 0.1) is 6.92 Å². The smallest absolute Gasteiger partial charge is 0.252 e. The first-order valence-corrected chi connectivity index (χ1v) is 6.63. The van der Waals surface area contributed by atoms with Gasteiger partial charge in [0.1, 0.15) is 5.82 Å². The molecule has 0 unspecified atom stereocenters. The average Bonchev–Trinajstić information content (AvgIpc) is 3.01. The van der Waals surface area contributed by atoms with Crippen LogP contribution in [0.4, 0.5) is 5.82 Å². The van der Waals surface area contributed by atoms with Crippen LogP contribution >= 0.6 is 0 Å². The van der Waals surface area contributed by atoms with Crippen LogP contribution in [-0.2, 0) is 0 Å². The van der Waals surface area contributed by atoms with E-state index in [1.54, 1.807) is 0 Å². The van der Waals surface area contributed by atoms with Gasteiger partial charge in [-0.05, 0) is 30.7 Å². The van der Waals surface area contributed by atoms with E-state index in [0.717, 1.165) is 27.1 Å². The van der Waals surface area contributed by atoms with Crippen LogP contribution in [-0.4, -0.2) is 16.1 Å². The Labute approximate surface area is 120 Å². The molecule has 2 heterocycles. The molecule has 0 saturated heterocycles. The Hall–Kier alpha value is -2.95. The molecule has 3 aromatic rings. The lowest BCUT2D eigenvalue weighted by Crippen LogP contribution is -2.20. The number of aromatic hydroxyl groups is 1. The maximum atomic E-state index is 9.89.